The van der Waals surface area contributed by atoms with Crippen molar-refractivity contribution >= 4 is 11.9 Å². The van der Waals surface area contributed by atoms with Crippen molar-refractivity contribution in [3.63, 3.8) is 0 Å². The summed E-state index contributed by atoms with van der Waals surface area (Å²) in [5, 5.41) is 3.32. The van der Waals surface area contributed by atoms with Crippen molar-refractivity contribution in [2.45, 2.75) is 31.9 Å². The lowest BCUT2D eigenvalue weighted by atomic mass is 10.3. The van der Waals surface area contributed by atoms with Gasteiger partial charge in [-0.25, -0.2) is 0 Å². The quantitative estimate of drug-likeness (QED) is 0.654. The van der Waals surface area contributed by atoms with Gasteiger partial charge in [0.2, 0.25) is 5.91 Å². The maximum absolute atomic E-state index is 12.3. The average Bonchev–Trinajstić information content (AvgIpc) is 3.41. The van der Waals surface area contributed by atoms with Crippen LogP contribution in [0, 0.1) is 0 Å². The van der Waals surface area contributed by atoms with Gasteiger partial charge in [0.05, 0.1) is 13.1 Å². The number of aliphatic imine (C=N–C) groups is 1. The highest BCUT2D eigenvalue weighted by atomic mass is 16.5. The molecule has 1 aromatic carbocycles. The molecule has 1 aliphatic heterocycles. The summed E-state index contributed by atoms with van der Waals surface area (Å²) in [6.45, 7) is 4.68. The summed E-state index contributed by atoms with van der Waals surface area (Å²) in [5.74, 6) is 1.83. The van der Waals surface area contributed by atoms with Gasteiger partial charge in [-0.3, -0.25) is 9.79 Å². The number of ether oxygens (including phenoxy) is 1. The fraction of sp³-hybridized carbons (Fsp3) is 0.556. The number of nitrogens with zero attached hydrogens (tertiary/aromatic N) is 3. The number of hydrogen-bond acceptors (Lipinski definition) is 3. The summed E-state index contributed by atoms with van der Waals surface area (Å²) in [4.78, 5) is 20.6. The fourth-order valence-corrected chi connectivity index (χ4v) is 2.98. The van der Waals surface area contributed by atoms with Crippen LogP contribution in [0.4, 0.5) is 0 Å². The Balaban J connectivity index is 1.47. The van der Waals surface area contributed by atoms with Gasteiger partial charge in [-0.05, 0) is 31.9 Å². The van der Waals surface area contributed by atoms with Crippen LogP contribution in [0.1, 0.15) is 19.8 Å². The Morgan fingerprint density at radius 3 is 2.71 bits per heavy atom. The molecule has 3 rings (SSSR count). The summed E-state index contributed by atoms with van der Waals surface area (Å²) >= 11 is 0. The molecule has 1 aromatic rings. The number of benzene rings is 1. The molecule has 1 heterocycles. The van der Waals surface area contributed by atoms with Crippen molar-refractivity contribution in [1.29, 1.82) is 0 Å². The second kappa shape index (κ2) is 7.55. The molecule has 1 saturated carbocycles. The Bertz CT molecular complexity index is 586. The monoisotopic (exact) mass is 330 g/mol. The molecule has 6 nitrogen and oxygen atoms in total. The number of para-hydroxylation sites is 1. The van der Waals surface area contributed by atoms with Gasteiger partial charge in [-0.15, -0.1) is 0 Å². The van der Waals surface area contributed by atoms with Crippen molar-refractivity contribution in [2.24, 2.45) is 4.99 Å². The molecule has 0 aromatic heterocycles. The molecule has 130 valence electrons. The summed E-state index contributed by atoms with van der Waals surface area (Å²) in [6, 6.07) is 10.3. The largest absolute Gasteiger partial charge is 0.489 e. The van der Waals surface area contributed by atoms with Crippen LogP contribution in [-0.4, -0.2) is 67.0 Å². The fourth-order valence-electron chi connectivity index (χ4n) is 2.98. The van der Waals surface area contributed by atoms with Crippen LogP contribution in [0.3, 0.4) is 0 Å². The lowest BCUT2D eigenvalue weighted by molar-refractivity contribution is -0.135. The maximum Gasteiger partial charge on any atom is 0.242 e. The van der Waals surface area contributed by atoms with E-state index in [1.165, 1.54) is 0 Å². The van der Waals surface area contributed by atoms with Gasteiger partial charge in [-0.1, -0.05) is 18.2 Å². The van der Waals surface area contributed by atoms with Gasteiger partial charge < -0.3 is 19.9 Å². The minimum atomic E-state index is 0.00704. The first kappa shape index (κ1) is 16.6. The number of nitrogens with one attached hydrogen (secondary N) is 1. The van der Waals surface area contributed by atoms with E-state index < -0.39 is 0 Å². The van der Waals surface area contributed by atoms with Crippen LogP contribution >= 0.6 is 0 Å². The zero-order valence-electron chi connectivity index (χ0n) is 14.4. The van der Waals surface area contributed by atoms with Crippen LogP contribution in [0.15, 0.2) is 35.3 Å². The molecule has 0 radical (unpaired) electrons. The van der Waals surface area contributed by atoms with Crippen LogP contribution in [-0.2, 0) is 4.79 Å². The Kier molecular flexibility index (Phi) is 5.23. The van der Waals surface area contributed by atoms with Crippen LogP contribution in [0.2, 0.25) is 0 Å². The van der Waals surface area contributed by atoms with Crippen molar-refractivity contribution < 1.29 is 9.53 Å². The van der Waals surface area contributed by atoms with E-state index in [0.717, 1.165) is 37.6 Å². The highest BCUT2D eigenvalue weighted by Gasteiger charge is 2.36. The highest BCUT2D eigenvalue weighted by molar-refractivity contribution is 5.88. The Morgan fingerprint density at radius 2 is 2.08 bits per heavy atom. The molecular weight excluding hydrogens is 304 g/mol. The zero-order valence-corrected chi connectivity index (χ0v) is 14.4. The van der Waals surface area contributed by atoms with E-state index in [1.807, 2.05) is 47.1 Å². The number of guanidine groups is 1. The first-order valence-electron chi connectivity index (χ1n) is 8.64. The van der Waals surface area contributed by atoms with Crippen molar-refractivity contribution in [3.05, 3.63) is 30.3 Å². The van der Waals surface area contributed by atoms with Crippen molar-refractivity contribution in [1.82, 2.24) is 15.1 Å². The van der Waals surface area contributed by atoms with E-state index in [1.54, 1.807) is 7.05 Å². The summed E-state index contributed by atoms with van der Waals surface area (Å²) in [7, 11) is 1.75. The summed E-state index contributed by atoms with van der Waals surface area (Å²) in [5.41, 5.74) is 0. The van der Waals surface area contributed by atoms with E-state index in [-0.39, 0.29) is 12.0 Å². The number of carbonyl (C=O) groups is 1. The van der Waals surface area contributed by atoms with Crippen LogP contribution in [0.5, 0.6) is 5.75 Å². The topological polar surface area (TPSA) is 57.2 Å². The number of piperazine rings is 1. The summed E-state index contributed by atoms with van der Waals surface area (Å²) in [6.07, 6.45) is 2.33. The summed E-state index contributed by atoms with van der Waals surface area (Å²) < 4.78 is 5.86. The third-order valence-corrected chi connectivity index (χ3v) is 4.38. The minimum Gasteiger partial charge on any atom is -0.489 e. The third-order valence-electron chi connectivity index (χ3n) is 4.38. The van der Waals surface area contributed by atoms with E-state index in [0.29, 0.717) is 19.1 Å². The first-order chi connectivity index (χ1) is 11.7. The molecule has 1 N–H and O–H groups in total. The van der Waals surface area contributed by atoms with Crippen molar-refractivity contribution in [3.8, 4) is 5.75 Å². The van der Waals surface area contributed by atoms with Gasteiger partial charge >= 0.3 is 0 Å². The van der Waals surface area contributed by atoms with E-state index >= 15 is 0 Å². The molecule has 0 bridgehead atoms. The normalized spacial score (nSPS) is 20.1. The highest BCUT2D eigenvalue weighted by Crippen LogP contribution is 2.28. The molecule has 1 unspecified atom stereocenters. The maximum atomic E-state index is 12.3. The molecule has 2 aliphatic rings. The lowest BCUT2D eigenvalue weighted by Crippen LogP contribution is -2.56. The first-order valence-corrected chi connectivity index (χ1v) is 8.64. The van der Waals surface area contributed by atoms with Gasteiger partial charge in [0, 0.05) is 26.2 Å². The van der Waals surface area contributed by atoms with Gasteiger partial charge in [0.1, 0.15) is 11.9 Å². The zero-order chi connectivity index (χ0) is 16.9. The second-order valence-corrected chi connectivity index (χ2v) is 6.41. The van der Waals surface area contributed by atoms with E-state index in [2.05, 4.69) is 10.3 Å². The number of hydrogen-bond donors (Lipinski definition) is 1. The Morgan fingerprint density at radius 1 is 1.33 bits per heavy atom. The van der Waals surface area contributed by atoms with Gasteiger partial charge in [0.25, 0.3) is 0 Å². The average molecular weight is 330 g/mol. The second-order valence-electron chi connectivity index (χ2n) is 6.41. The van der Waals surface area contributed by atoms with Crippen LogP contribution < -0.4 is 10.1 Å². The molecule has 2 fully saturated rings. The molecule has 1 aliphatic carbocycles. The lowest BCUT2D eigenvalue weighted by Gasteiger charge is -2.36. The Labute approximate surface area is 143 Å². The molecule has 1 amide bonds. The standard InChI is InChI=1S/C18H26N4O2/c1-14(24-16-6-4-3-5-7-16)12-20-18(19-2)21-10-11-22(15-8-9-15)17(23)13-21/h3-7,14-15H,8-13H2,1-2H3,(H,19,20). The smallest absolute Gasteiger partial charge is 0.242 e. The molecule has 0 spiro atoms. The van der Waals surface area contributed by atoms with Crippen LogP contribution in [0.25, 0.3) is 0 Å². The molecular formula is C18H26N4O2. The Hall–Kier alpha value is -2.24. The number of carbonyl (C=O) groups excluding carboxylic acids is 1. The molecule has 6 heteroatoms. The SMILES string of the molecule is CN=C(NCC(C)Oc1ccccc1)N1CCN(C2CC2)C(=O)C1. The van der Waals surface area contributed by atoms with Gasteiger partial charge in [0.15, 0.2) is 5.96 Å². The predicted molar refractivity (Wildman–Crippen MR) is 94.2 cm³/mol. The van der Waals surface area contributed by atoms with Crippen molar-refractivity contribution in [2.75, 3.05) is 33.2 Å². The molecule has 1 saturated heterocycles. The minimum absolute atomic E-state index is 0.00704. The van der Waals surface area contributed by atoms with Gasteiger partial charge in [-0.2, -0.15) is 0 Å². The molecule has 24 heavy (non-hydrogen) atoms. The third kappa shape index (κ3) is 4.19. The van der Waals surface area contributed by atoms with E-state index in [4.69, 9.17) is 4.74 Å². The number of rotatable bonds is 5. The number of amides is 1. The van der Waals surface area contributed by atoms with E-state index in [9.17, 15) is 4.79 Å². The predicted octanol–water partition coefficient (Wildman–Crippen LogP) is 1.34. The molecule has 1 atom stereocenters.